The number of halogens is 1. The number of phenolic OH excluding ortho intramolecular Hbond substituents is 1. The summed E-state index contributed by atoms with van der Waals surface area (Å²) < 4.78 is 13.7. The number of nitrogens with two attached hydrogens (primary N) is 1. The van der Waals surface area contributed by atoms with Crippen LogP contribution in [-0.2, 0) is 5.54 Å². The van der Waals surface area contributed by atoms with Crippen LogP contribution in [0.1, 0.15) is 38.2 Å². The SMILES string of the molecule is CC1(F)CCC(N)(c2ccc(O)cc2)CC1. The Labute approximate surface area is 95.3 Å². The third-order valence-corrected chi connectivity index (χ3v) is 3.63. The molecule has 0 atom stereocenters. The Kier molecular flexibility index (Phi) is 2.66. The number of hydrogen-bond donors (Lipinski definition) is 2. The summed E-state index contributed by atoms with van der Waals surface area (Å²) in [7, 11) is 0. The van der Waals surface area contributed by atoms with E-state index in [9.17, 15) is 9.50 Å². The zero-order valence-corrected chi connectivity index (χ0v) is 9.54. The summed E-state index contributed by atoms with van der Waals surface area (Å²) in [4.78, 5) is 0. The van der Waals surface area contributed by atoms with Crippen molar-refractivity contribution in [2.24, 2.45) is 5.73 Å². The Morgan fingerprint density at radius 1 is 1.12 bits per heavy atom. The molecule has 1 aromatic carbocycles. The van der Waals surface area contributed by atoms with Crippen LogP contribution in [0.4, 0.5) is 4.39 Å². The Morgan fingerprint density at radius 2 is 1.62 bits per heavy atom. The highest BCUT2D eigenvalue weighted by molar-refractivity contribution is 5.31. The topological polar surface area (TPSA) is 46.2 Å². The van der Waals surface area contributed by atoms with Gasteiger partial charge in [-0.15, -0.1) is 0 Å². The van der Waals surface area contributed by atoms with Crippen LogP contribution < -0.4 is 5.73 Å². The first-order chi connectivity index (χ1) is 7.41. The highest BCUT2D eigenvalue weighted by Crippen LogP contribution is 2.41. The fourth-order valence-electron chi connectivity index (χ4n) is 2.30. The Morgan fingerprint density at radius 3 is 2.12 bits per heavy atom. The molecule has 1 aliphatic rings. The predicted molar refractivity (Wildman–Crippen MR) is 62.0 cm³/mol. The second-order valence-corrected chi connectivity index (χ2v) is 5.12. The van der Waals surface area contributed by atoms with E-state index in [1.54, 1.807) is 19.1 Å². The quantitative estimate of drug-likeness (QED) is 0.769. The van der Waals surface area contributed by atoms with Crippen molar-refractivity contribution in [3.63, 3.8) is 0 Å². The molecule has 0 heterocycles. The second kappa shape index (κ2) is 3.74. The molecule has 88 valence electrons. The van der Waals surface area contributed by atoms with Crippen LogP contribution >= 0.6 is 0 Å². The Balaban J connectivity index is 2.18. The van der Waals surface area contributed by atoms with E-state index in [0.717, 1.165) is 5.56 Å². The van der Waals surface area contributed by atoms with Gasteiger partial charge in [-0.2, -0.15) is 0 Å². The first kappa shape index (κ1) is 11.4. The molecule has 2 nitrogen and oxygen atoms in total. The molecular weight excluding hydrogens is 205 g/mol. The summed E-state index contributed by atoms with van der Waals surface area (Å²) >= 11 is 0. The van der Waals surface area contributed by atoms with E-state index >= 15 is 0 Å². The number of hydrogen-bond acceptors (Lipinski definition) is 2. The van der Waals surface area contributed by atoms with E-state index in [2.05, 4.69) is 0 Å². The van der Waals surface area contributed by atoms with E-state index in [-0.39, 0.29) is 5.75 Å². The molecule has 0 saturated heterocycles. The maximum Gasteiger partial charge on any atom is 0.115 e. The highest BCUT2D eigenvalue weighted by Gasteiger charge is 2.38. The van der Waals surface area contributed by atoms with Gasteiger partial charge in [0.05, 0.1) is 0 Å². The summed E-state index contributed by atoms with van der Waals surface area (Å²) in [6.45, 7) is 1.64. The van der Waals surface area contributed by atoms with Gasteiger partial charge in [0, 0.05) is 5.54 Å². The maximum absolute atomic E-state index is 13.7. The minimum atomic E-state index is -1.07. The molecule has 0 aromatic heterocycles. The maximum atomic E-state index is 13.7. The van der Waals surface area contributed by atoms with Gasteiger partial charge in [-0.1, -0.05) is 12.1 Å². The van der Waals surface area contributed by atoms with Crippen LogP contribution in [0.25, 0.3) is 0 Å². The van der Waals surface area contributed by atoms with Crippen molar-refractivity contribution in [3.05, 3.63) is 29.8 Å². The normalized spacial score (nSPS) is 34.9. The van der Waals surface area contributed by atoms with Gasteiger partial charge in [-0.05, 0) is 50.3 Å². The lowest BCUT2D eigenvalue weighted by atomic mass is 9.73. The molecule has 0 aliphatic heterocycles. The molecule has 16 heavy (non-hydrogen) atoms. The summed E-state index contributed by atoms with van der Waals surface area (Å²) in [6.07, 6.45) is 2.32. The molecule has 0 bridgehead atoms. The fourth-order valence-corrected chi connectivity index (χ4v) is 2.30. The van der Waals surface area contributed by atoms with Crippen LogP contribution in [0.15, 0.2) is 24.3 Å². The lowest BCUT2D eigenvalue weighted by Gasteiger charge is -2.39. The molecule has 1 aliphatic carbocycles. The zero-order valence-electron chi connectivity index (χ0n) is 9.54. The number of benzene rings is 1. The van der Waals surface area contributed by atoms with Crippen LogP contribution in [0.3, 0.4) is 0 Å². The molecule has 1 aromatic rings. The van der Waals surface area contributed by atoms with Crippen LogP contribution in [0.5, 0.6) is 5.75 Å². The minimum absolute atomic E-state index is 0.235. The van der Waals surface area contributed by atoms with Crippen LogP contribution in [0, 0.1) is 0 Å². The fraction of sp³-hybridized carbons (Fsp3) is 0.538. The van der Waals surface area contributed by atoms with Crippen LogP contribution in [-0.4, -0.2) is 10.8 Å². The van der Waals surface area contributed by atoms with E-state index in [0.29, 0.717) is 25.7 Å². The van der Waals surface area contributed by atoms with Gasteiger partial charge < -0.3 is 10.8 Å². The highest BCUT2D eigenvalue weighted by atomic mass is 19.1. The largest absolute Gasteiger partial charge is 0.508 e. The number of phenols is 1. The van der Waals surface area contributed by atoms with Gasteiger partial charge in [0.15, 0.2) is 0 Å². The van der Waals surface area contributed by atoms with Crippen LogP contribution in [0.2, 0.25) is 0 Å². The second-order valence-electron chi connectivity index (χ2n) is 5.12. The van der Waals surface area contributed by atoms with Crippen molar-refractivity contribution in [2.75, 3.05) is 0 Å². The third-order valence-electron chi connectivity index (χ3n) is 3.63. The van der Waals surface area contributed by atoms with Crippen molar-refractivity contribution in [2.45, 2.75) is 43.8 Å². The lowest BCUT2D eigenvalue weighted by molar-refractivity contribution is 0.0898. The van der Waals surface area contributed by atoms with E-state index in [1.807, 2.05) is 12.1 Å². The number of alkyl halides is 1. The minimum Gasteiger partial charge on any atom is -0.508 e. The van der Waals surface area contributed by atoms with Gasteiger partial charge >= 0.3 is 0 Å². The van der Waals surface area contributed by atoms with E-state index in [1.165, 1.54) is 0 Å². The molecular formula is C13H18FNO. The van der Waals surface area contributed by atoms with Crippen molar-refractivity contribution < 1.29 is 9.50 Å². The van der Waals surface area contributed by atoms with Crippen molar-refractivity contribution in [1.29, 1.82) is 0 Å². The molecule has 2 rings (SSSR count). The van der Waals surface area contributed by atoms with Gasteiger partial charge in [0.2, 0.25) is 0 Å². The average Bonchev–Trinajstić information content (AvgIpc) is 2.24. The van der Waals surface area contributed by atoms with E-state index < -0.39 is 11.2 Å². The molecule has 1 fully saturated rings. The molecule has 1 saturated carbocycles. The Hall–Kier alpha value is -1.09. The smallest absolute Gasteiger partial charge is 0.115 e. The first-order valence-electron chi connectivity index (χ1n) is 5.69. The Bertz CT molecular complexity index is 362. The van der Waals surface area contributed by atoms with Gasteiger partial charge in [-0.3, -0.25) is 0 Å². The molecule has 0 amide bonds. The molecule has 3 N–H and O–H groups in total. The van der Waals surface area contributed by atoms with Crippen molar-refractivity contribution in [1.82, 2.24) is 0 Å². The van der Waals surface area contributed by atoms with Crippen molar-refractivity contribution in [3.8, 4) is 5.75 Å². The molecule has 0 unspecified atom stereocenters. The summed E-state index contributed by atoms with van der Waals surface area (Å²) in [6, 6.07) is 6.92. The summed E-state index contributed by atoms with van der Waals surface area (Å²) in [5, 5.41) is 9.22. The lowest BCUT2D eigenvalue weighted by Crippen LogP contribution is -2.43. The first-order valence-corrected chi connectivity index (χ1v) is 5.69. The standard InChI is InChI=1S/C13H18FNO/c1-12(14)6-8-13(15,9-7-12)10-2-4-11(16)5-3-10/h2-5,16H,6-9,15H2,1H3. The third kappa shape index (κ3) is 2.19. The van der Waals surface area contributed by atoms with Gasteiger partial charge in [0.25, 0.3) is 0 Å². The van der Waals surface area contributed by atoms with Crippen molar-refractivity contribution >= 4 is 0 Å². The molecule has 3 heteroatoms. The summed E-state index contributed by atoms with van der Waals surface area (Å²) in [5.74, 6) is 0.235. The van der Waals surface area contributed by atoms with E-state index in [4.69, 9.17) is 5.73 Å². The molecule has 0 radical (unpaired) electrons. The van der Waals surface area contributed by atoms with Gasteiger partial charge in [0.1, 0.15) is 11.4 Å². The molecule has 0 spiro atoms. The summed E-state index contributed by atoms with van der Waals surface area (Å²) in [5.41, 5.74) is 5.79. The average molecular weight is 223 g/mol. The zero-order chi connectivity index (χ0) is 11.8. The monoisotopic (exact) mass is 223 g/mol. The van der Waals surface area contributed by atoms with Gasteiger partial charge in [-0.25, -0.2) is 4.39 Å². The number of rotatable bonds is 1. The predicted octanol–water partition coefficient (Wildman–Crippen LogP) is 2.85. The number of aromatic hydroxyl groups is 1.